The summed E-state index contributed by atoms with van der Waals surface area (Å²) in [6, 6.07) is 27.6. The van der Waals surface area contributed by atoms with Crippen LogP contribution in [0.1, 0.15) is 0 Å². The van der Waals surface area contributed by atoms with E-state index >= 15 is 0 Å². The third kappa shape index (κ3) is 2.25. The largest absolute Gasteiger partial charge is 0.254 e. The fourth-order valence-corrected chi connectivity index (χ4v) is 4.90. The summed E-state index contributed by atoms with van der Waals surface area (Å²) in [7, 11) is 0. The fraction of sp³-hybridized carbons (Fsp3) is 0. The first kappa shape index (κ1) is 14.8. The van der Waals surface area contributed by atoms with Gasteiger partial charge in [-0.05, 0) is 41.1 Å². The van der Waals surface area contributed by atoms with Gasteiger partial charge in [0.15, 0.2) is 0 Å². The Morgan fingerprint density at radius 3 is 2.41 bits per heavy atom. The van der Waals surface area contributed by atoms with Gasteiger partial charge >= 0.3 is 0 Å². The number of aromatic nitrogens is 2. The highest BCUT2D eigenvalue weighted by Gasteiger charge is 2.09. The lowest BCUT2D eigenvalue weighted by molar-refractivity contribution is 1.30. The van der Waals surface area contributed by atoms with Crippen molar-refractivity contribution in [1.29, 1.82) is 0 Å². The third-order valence-corrected chi connectivity index (χ3v) is 6.26. The Kier molecular flexibility index (Phi) is 3.07. The Hall–Kier alpha value is -3.30. The second-order valence-corrected chi connectivity index (χ2v) is 7.80. The Balaban J connectivity index is 1.56. The smallest absolute Gasteiger partial charge is 0.0900 e. The van der Waals surface area contributed by atoms with Crippen molar-refractivity contribution in [2.75, 3.05) is 0 Å². The van der Waals surface area contributed by atoms with Gasteiger partial charge < -0.3 is 0 Å². The Morgan fingerprint density at radius 2 is 1.44 bits per heavy atom. The second kappa shape index (κ2) is 5.60. The minimum absolute atomic E-state index is 0.914. The molecule has 6 aromatic rings. The SMILES string of the molecule is c1ccc2c(c1)ccc1nc(-c3cc4sc5ccccc5c4cn3)ccc12. The molecule has 6 rings (SSSR count). The summed E-state index contributed by atoms with van der Waals surface area (Å²) in [6.07, 6.45) is 1.98. The average Bonchev–Trinajstić information content (AvgIpc) is 3.11. The summed E-state index contributed by atoms with van der Waals surface area (Å²) in [5.41, 5.74) is 2.84. The van der Waals surface area contributed by atoms with Crippen molar-refractivity contribution < 1.29 is 0 Å². The van der Waals surface area contributed by atoms with Crippen molar-refractivity contribution >= 4 is 53.2 Å². The first-order chi connectivity index (χ1) is 13.4. The molecule has 0 atom stereocenters. The van der Waals surface area contributed by atoms with Crippen LogP contribution in [-0.2, 0) is 0 Å². The molecule has 0 amide bonds. The molecule has 0 saturated heterocycles. The highest BCUT2D eigenvalue weighted by atomic mass is 32.1. The lowest BCUT2D eigenvalue weighted by Gasteiger charge is -2.06. The highest BCUT2D eigenvalue weighted by molar-refractivity contribution is 7.25. The Labute approximate surface area is 159 Å². The highest BCUT2D eigenvalue weighted by Crippen LogP contribution is 2.35. The fourth-order valence-electron chi connectivity index (χ4n) is 3.79. The van der Waals surface area contributed by atoms with Crippen LogP contribution in [0, 0.1) is 0 Å². The van der Waals surface area contributed by atoms with Crippen molar-refractivity contribution in [3.63, 3.8) is 0 Å². The molecule has 0 fully saturated rings. The second-order valence-electron chi connectivity index (χ2n) is 6.71. The molecule has 3 heterocycles. The number of thiophene rings is 1. The van der Waals surface area contributed by atoms with Crippen LogP contribution in [0.2, 0.25) is 0 Å². The third-order valence-electron chi connectivity index (χ3n) is 5.12. The number of pyridine rings is 2. The predicted molar refractivity (Wildman–Crippen MR) is 115 cm³/mol. The van der Waals surface area contributed by atoms with Crippen LogP contribution >= 0.6 is 11.3 Å². The van der Waals surface area contributed by atoms with Gasteiger partial charge in [0.05, 0.1) is 16.9 Å². The Morgan fingerprint density at radius 1 is 0.593 bits per heavy atom. The molecular weight excluding hydrogens is 348 g/mol. The van der Waals surface area contributed by atoms with Crippen LogP contribution in [0.15, 0.2) is 85.1 Å². The van der Waals surface area contributed by atoms with Crippen LogP contribution in [0.25, 0.3) is 53.2 Å². The lowest BCUT2D eigenvalue weighted by atomic mass is 10.0. The molecule has 0 saturated carbocycles. The van der Waals surface area contributed by atoms with Gasteiger partial charge in [0.1, 0.15) is 0 Å². The van der Waals surface area contributed by atoms with E-state index in [1.165, 1.54) is 36.3 Å². The maximum absolute atomic E-state index is 4.90. The van der Waals surface area contributed by atoms with Gasteiger partial charge in [0.2, 0.25) is 0 Å². The quantitative estimate of drug-likeness (QED) is 0.300. The van der Waals surface area contributed by atoms with E-state index in [9.17, 15) is 0 Å². The summed E-state index contributed by atoms with van der Waals surface area (Å²) in [4.78, 5) is 9.61. The van der Waals surface area contributed by atoms with Crippen molar-refractivity contribution in [2.45, 2.75) is 0 Å². The number of hydrogen-bond acceptors (Lipinski definition) is 3. The molecular formula is C24H14N2S. The van der Waals surface area contributed by atoms with Gasteiger partial charge in [0.25, 0.3) is 0 Å². The maximum Gasteiger partial charge on any atom is 0.0900 e. The van der Waals surface area contributed by atoms with Gasteiger partial charge in [-0.25, -0.2) is 4.98 Å². The number of rotatable bonds is 1. The normalized spacial score (nSPS) is 11.7. The molecule has 3 aromatic heterocycles. The van der Waals surface area contributed by atoms with Crippen molar-refractivity contribution in [3.05, 3.63) is 85.1 Å². The summed E-state index contributed by atoms with van der Waals surface area (Å²) in [5, 5.41) is 6.15. The molecule has 126 valence electrons. The van der Waals surface area contributed by atoms with Crippen LogP contribution in [0.4, 0.5) is 0 Å². The topological polar surface area (TPSA) is 25.8 Å². The summed E-state index contributed by atoms with van der Waals surface area (Å²) < 4.78 is 2.55. The lowest BCUT2D eigenvalue weighted by Crippen LogP contribution is -1.88. The van der Waals surface area contributed by atoms with Crippen molar-refractivity contribution in [3.8, 4) is 11.4 Å². The molecule has 2 nitrogen and oxygen atoms in total. The Bertz CT molecular complexity index is 1480. The van der Waals surface area contributed by atoms with Crippen LogP contribution in [-0.4, -0.2) is 9.97 Å². The number of hydrogen-bond donors (Lipinski definition) is 0. The van der Waals surface area contributed by atoms with E-state index in [1.807, 2.05) is 17.5 Å². The predicted octanol–water partition coefficient (Wildman–Crippen LogP) is 6.82. The number of benzene rings is 3. The molecule has 0 bridgehead atoms. The van der Waals surface area contributed by atoms with Crippen LogP contribution < -0.4 is 0 Å². The average molecular weight is 362 g/mol. The molecule has 3 aromatic carbocycles. The zero-order valence-corrected chi connectivity index (χ0v) is 15.2. The molecule has 0 aliphatic heterocycles. The van der Waals surface area contributed by atoms with Crippen LogP contribution in [0.3, 0.4) is 0 Å². The van der Waals surface area contributed by atoms with Crippen molar-refractivity contribution in [2.24, 2.45) is 0 Å². The van der Waals surface area contributed by atoms with E-state index in [0.29, 0.717) is 0 Å². The number of fused-ring (bicyclic) bond motifs is 6. The molecule has 27 heavy (non-hydrogen) atoms. The first-order valence-electron chi connectivity index (χ1n) is 8.93. The minimum Gasteiger partial charge on any atom is -0.254 e. The zero-order valence-electron chi connectivity index (χ0n) is 14.4. The van der Waals surface area contributed by atoms with E-state index in [2.05, 4.69) is 78.9 Å². The molecule has 0 unspecified atom stereocenters. The van der Waals surface area contributed by atoms with E-state index in [-0.39, 0.29) is 0 Å². The summed E-state index contributed by atoms with van der Waals surface area (Å²) in [5.74, 6) is 0. The monoisotopic (exact) mass is 362 g/mol. The van der Waals surface area contributed by atoms with Crippen molar-refractivity contribution in [1.82, 2.24) is 9.97 Å². The molecule has 0 aliphatic carbocycles. The van der Waals surface area contributed by atoms with E-state index < -0.39 is 0 Å². The van der Waals surface area contributed by atoms with Gasteiger partial charge in [-0.2, -0.15) is 0 Å². The van der Waals surface area contributed by atoms with E-state index in [4.69, 9.17) is 9.97 Å². The first-order valence-corrected chi connectivity index (χ1v) is 9.75. The summed E-state index contributed by atoms with van der Waals surface area (Å²) >= 11 is 1.81. The van der Waals surface area contributed by atoms with E-state index in [0.717, 1.165) is 16.9 Å². The maximum atomic E-state index is 4.90. The molecule has 3 heteroatoms. The van der Waals surface area contributed by atoms with Gasteiger partial charge in [-0.15, -0.1) is 11.3 Å². The van der Waals surface area contributed by atoms with Gasteiger partial charge in [-0.3, -0.25) is 4.98 Å². The molecule has 0 radical (unpaired) electrons. The molecule has 0 N–H and O–H groups in total. The summed E-state index contributed by atoms with van der Waals surface area (Å²) in [6.45, 7) is 0. The van der Waals surface area contributed by atoms with Gasteiger partial charge in [0, 0.05) is 31.8 Å². The molecule has 0 aliphatic rings. The molecule has 0 spiro atoms. The standard InChI is InChI=1S/C24H14N2S/c1-2-6-16-15(5-1)9-11-20-17(16)10-12-21(26-20)22-13-24-19(14-25-22)18-7-3-4-8-23(18)27-24/h1-14H. The van der Waals surface area contributed by atoms with Crippen LogP contribution in [0.5, 0.6) is 0 Å². The zero-order chi connectivity index (χ0) is 17.8. The number of nitrogens with zero attached hydrogens (tertiary/aromatic N) is 2. The van der Waals surface area contributed by atoms with E-state index in [1.54, 1.807) is 0 Å². The van der Waals surface area contributed by atoms with Gasteiger partial charge in [-0.1, -0.05) is 48.5 Å². The minimum atomic E-state index is 0.914.